The first-order valence-electron chi connectivity index (χ1n) is 4.23. The van der Waals surface area contributed by atoms with Crippen molar-refractivity contribution in [3.8, 4) is 0 Å². The Morgan fingerprint density at radius 3 is 2.79 bits per heavy atom. The topological polar surface area (TPSA) is 58.5 Å². The van der Waals surface area contributed by atoms with Gasteiger partial charge in [-0.2, -0.15) is 12.8 Å². The second-order valence-corrected chi connectivity index (χ2v) is 4.61. The Balaban J connectivity index is 2.61. The van der Waals surface area contributed by atoms with Gasteiger partial charge in [0.2, 0.25) is 0 Å². The molecular weight excluding hydrogens is 200 g/mol. The molecule has 1 aliphatic rings. The molecule has 0 spiro atoms. The minimum atomic E-state index is -3.43. The molecule has 0 unspecified atom stereocenters. The van der Waals surface area contributed by atoms with E-state index < -0.39 is 10.0 Å². The maximum absolute atomic E-state index is 11.5. The van der Waals surface area contributed by atoms with Crippen LogP contribution in [-0.2, 0) is 10.0 Å². The highest BCUT2D eigenvalue weighted by molar-refractivity contribution is 7.90. The zero-order valence-electron chi connectivity index (χ0n) is 7.69. The quantitative estimate of drug-likeness (QED) is 0.768. The van der Waals surface area contributed by atoms with E-state index in [1.54, 1.807) is 25.2 Å². The highest BCUT2D eigenvalue weighted by atomic mass is 32.2. The van der Waals surface area contributed by atoms with E-state index in [1.165, 1.54) is 0 Å². The smallest absolute Gasteiger partial charge is 0.283 e. The van der Waals surface area contributed by atoms with Gasteiger partial charge < -0.3 is 5.32 Å². The van der Waals surface area contributed by atoms with Crippen LogP contribution >= 0.6 is 0 Å². The van der Waals surface area contributed by atoms with Crippen molar-refractivity contribution in [2.75, 3.05) is 13.6 Å². The number of fused-ring (bicyclic) bond motifs is 1. The van der Waals surface area contributed by atoms with Gasteiger partial charge in [0.15, 0.2) is 0 Å². The minimum Gasteiger partial charge on any atom is -0.314 e. The first-order chi connectivity index (χ1) is 6.65. The first-order valence-corrected chi connectivity index (χ1v) is 5.67. The Kier molecular flexibility index (Phi) is 2.13. The van der Waals surface area contributed by atoms with Crippen LogP contribution in [0.5, 0.6) is 0 Å². The SMILES string of the molecule is CNCC1=NS(=O)(=O)c2ccccc21. The molecule has 4 nitrogen and oxygen atoms in total. The number of hydrogen-bond acceptors (Lipinski definition) is 3. The lowest BCUT2D eigenvalue weighted by molar-refractivity contribution is 0.599. The number of benzene rings is 1. The maximum atomic E-state index is 11.5. The van der Waals surface area contributed by atoms with E-state index in [9.17, 15) is 8.42 Å². The molecule has 5 heteroatoms. The van der Waals surface area contributed by atoms with Crippen LogP contribution in [0.2, 0.25) is 0 Å². The molecule has 1 aromatic rings. The molecule has 0 amide bonds. The van der Waals surface area contributed by atoms with Crippen LogP contribution in [0.1, 0.15) is 5.56 Å². The van der Waals surface area contributed by atoms with Crippen molar-refractivity contribution in [2.24, 2.45) is 4.40 Å². The molecule has 0 fully saturated rings. The van der Waals surface area contributed by atoms with Crippen molar-refractivity contribution >= 4 is 15.7 Å². The predicted octanol–water partition coefficient (Wildman–Crippen LogP) is 0.397. The van der Waals surface area contributed by atoms with Gasteiger partial charge in [-0.05, 0) is 13.1 Å². The lowest BCUT2D eigenvalue weighted by Crippen LogP contribution is -2.18. The van der Waals surface area contributed by atoms with Crippen molar-refractivity contribution in [3.05, 3.63) is 29.8 Å². The van der Waals surface area contributed by atoms with Crippen LogP contribution in [0.15, 0.2) is 33.6 Å². The molecule has 1 aliphatic heterocycles. The third-order valence-corrected chi connectivity index (χ3v) is 3.42. The zero-order chi connectivity index (χ0) is 10.2. The fourth-order valence-electron chi connectivity index (χ4n) is 1.47. The van der Waals surface area contributed by atoms with Crippen LogP contribution in [0.3, 0.4) is 0 Å². The van der Waals surface area contributed by atoms with E-state index in [-0.39, 0.29) is 0 Å². The van der Waals surface area contributed by atoms with E-state index >= 15 is 0 Å². The second kappa shape index (κ2) is 3.18. The lowest BCUT2D eigenvalue weighted by Gasteiger charge is -1.99. The number of hydrogen-bond donors (Lipinski definition) is 1. The van der Waals surface area contributed by atoms with Gasteiger partial charge in [0.05, 0.1) is 10.6 Å². The number of rotatable bonds is 2. The average molecular weight is 210 g/mol. The molecule has 1 aromatic carbocycles. The zero-order valence-corrected chi connectivity index (χ0v) is 8.50. The molecule has 14 heavy (non-hydrogen) atoms. The standard InChI is InChI=1S/C9H10N2O2S/c1-10-6-8-7-4-2-3-5-9(7)14(12,13)11-8/h2-5,10H,6H2,1H3. The third-order valence-electron chi connectivity index (χ3n) is 2.05. The Morgan fingerprint density at radius 2 is 2.07 bits per heavy atom. The number of nitrogens with zero attached hydrogens (tertiary/aromatic N) is 1. The normalized spacial score (nSPS) is 17.6. The van der Waals surface area contributed by atoms with Gasteiger partial charge >= 0.3 is 0 Å². The summed E-state index contributed by atoms with van der Waals surface area (Å²) in [6, 6.07) is 6.87. The highest BCUT2D eigenvalue weighted by Crippen LogP contribution is 2.25. The minimum absolute atomic E-state index is 0.310. The molecule has 2 rings (SSSR count). The molecule has 0 aromatic heterocycles. The Hall–Kier alpha value is -1.20. The fourth-order valence-corrected chi connectivity index (χ4v) is 2.73. The molecular formula is C9H10N2O2S. The van der Waals surface area contributed by atoms with Gasteiger partial charge in [0, 0.05) is 12.1 Å². The van der Waals surface area contributed by atoms with Crippen molar-refractivity contribution in [1.29, 1.82) is 0 Å². The van der Waals surface area contributed by atoms with Crippen LogP contribution in [-0.4, -0.2) is 27.7 Å². The molecule has 1 N–H and O–H groups in total. The second-order valence-electron chi connectivity index (χ2n) is 3.04. The van der Waals surface area contributed by atoms with Crippen LogP contribution in [0, 0.1) is 0 Å². The summed E-state index contributed by atoms with van der Waals surface area (Å²) in [5.74, 6) is 0. The molecule has 1 heterocycles. The third kappa shape index (κ3) is 1.34. The number of likely N-dealkylation sites (N-methyl/N-ethyl adjacent to an activating group) is 1. The molecule has 0 radical (unpaired) electrons. The van der Waals surface area contributed by atoms with Gasteiger partial charge in [-0.3, -0.25) is 0 Å². The highest BCUT2D eigenvalue weighted by Gasteiger charge is 2.27. The van der Waals surface area contributed by atoms with Crippen molar-refractivity contribution in [2.45, 2.75) is 4.90 Å². The molecule has 74 valence electrons. The van der Waals surface area contributed by atoms with Crippen LogP contribution < -0.4 is 5.32 Å². The molecule has 0 aliphatic carbocycles. The van der Waals surface area contributed by atoms with Gasteiger partial charge in [0.25, 0.3) is 10.0 Å². The Bertz CT molecular complexity index is 491. The summed E-state index contributed by atoms with van der Waals surface area (Å²) < 4.78 is 26.8. The Morgan fingerprint density at radius 1 is 1.36 bits per heavy atom. The van der Waals surface area contributed by atoms with Gasteiger partial charge in [0.1, 0.15) is 0 Å². The first kappa shape index (κ1) is 9.36. The summed E-state index contributed by atoms with van der Waals surface area (Å²) in [5, 5.41) is 2.89. The summed E-state index contributed by atoms with van der Waals surface area (Å²) in [5.41, 5.74) is 1.30. The van der Waals surface area contributed by atoms with Crippen LogP contribution in [0.4, 0.5) is 0 Å². The van der Waals surface area contributed by atoms with E-state index in [1.807, 2.05) is 6.07 Å². The Labute approximate surface area is 82.7 Å². The van der Waals surface area contributed by atoms with E-state index in [0.717, 1.165) is 0 Å². The van der Waals surface area contributed by atoms with Gasteiger partial charge in [-0.25, -0.2) is 0 Å². The van der Waals surface area contributed by atoms with E-state index in [4.69, 9.17) is 0 Å². The summed E-state index contributed by atoms with van der Waals surface area (Å²) in [7, 11) is -1.67. The van der Waals surface area contributed by atoms with E-state index in [0.29, 0.717) is 22.7 Å². The van der Waals surface area contributed by atoms with Crippen LogP contribution in [0.25, 0.3) is 0 Å². The molecule has 0 saturated heterocycles. The number of nitrogens with one attached hydrogen (secondary N) is 1. The number of sulfonamides is 1. The summed E-state index contributed by atoms with van der Waals surface area (Å²) in [4.78, 5) is 0.310. The maximum Gasteiger partial charge on any atom is 0.283 e. The van der Waals surface area contributed by atoms with Gasteiger partial charge in [-0.15, -0.1) is 0 Å². The molecule has 0 saturated carbocycles. The van der Waals surface area contributed by atoms with Crippen molar-refractivity contribution in [3.63, 3.8) is 0 Å². The summed E-state index contributed by atoms with van der Waals surface area (Å²) in [6.45, 7) is 0.468. The molecule has 0 bridgehead atoms. The molecule has 0 atom stereocenters. The van der Waals surface area contributed by atoms with Crippen molar-refractivity contribution in [1.82, 2.24) is 5.32 Å². The summed E-state index contributed by atoms with van der Waals surface area (Å²) >= 11 is 0. The average Bonchev–Trinajstić information content (AvgIpc) is 2.41. The summed E-state index contributed by atoms with van der Waals surface area (Å²) in [6.07, 6.45) is 0. The monoisotopic (exact) mass is 210 g/mol. The van der Waals surface area contributed by atoms with Gasteiger partial charge in [-0.1, -0.05) is 18.2 Å². The predicted molar refractivity (Wildman–Crippen MR) is 54.1 cm³/mol. The van der Waals surface area contributed by atoms with E-state index in [2.05, 4.69) is 9.71 Å². The largest absolute Gasteiger partial charge is 0.314 e. The fraction of sp³-hybridized carbons (Fsp3) is 0.222. The lowest BCUT2D eigenvalue weighted by atomic mass is 10.1. The van der Waals surface area contributed by atoms with Crippen molar-refractivity contribution < 1.29 is 8.42 Å².